The Kier molecular flexibility index (Phi) is 5.32. The van der Waals surface area contributed by atoms with Gasteiger partial charge in [-0.3, -0.25) is 4.79 Å². The second-order valence-electron chi connectivity index (χ2n) is 3.65. The van der Waals surface area contributed by atoms with Crippen LogP contribution in [0.15, 0.2) is 10.8 Å². The van der Waals surface area contributed by atoms with Gasteiger partial charge in [0.15, 0.2) is 0 Å². The van der Waals surface area contributed by atoms with Gasteiger partial charge in [0.05, 0.1) is 5.56 Å². The number of hydrogen-bond acceptors (Lipinski definition) is 2. The van der Waals surface area contributed by atoms with Crippen molar-refractivity contribution in [2.45, 2.75) is 31.5 Å². The summed E-state index contributed by atoms with van der Waals surface area (Å²) in [5, 5.41) is 6.82. The zero-order valence-electron chi connectivity index (χ0n) is 9.05. The predicted octanol–water partition coefficient (Wildman–Crippen LogP) is 3.35. The van der Waals surface area contributed by atoms with Crippen LogP contribution in [0.3, 0.4) is 0 Å². The van der Waals surface area contributed by atoms with Crippen molar-refractivity contribution in [3.8, 4) is 0 Å². The van der Waals surface area contributed by atoms with Crippen LogP contribution in [0.5, 0.6) is 0 Å². The molecule has 1 unspecified atom stereocenters. The fourth-order valence-corrected chi connectivity index (χ4v) is 2.43. The van der Waals surface area contributed by atoms with Crippen LogP contribution in [0.4, 0.5) is 0 Å². The molecule has 0 aliphatic heterocycles. The van der Waals surface area contributed by atoms with E-state index in [1.165, 1.54) is 0 Å². The molecule has 0 aliphatic carbocycles. The number of hydrogen-bond donors (Lipinski definition) is 1. The van der Waals surface area contributed by atoms with Gasteiger partial charge in [-0.15, -0.1) is 0 Å². The molecule has 0 radical (unpaired) electrons. The van der Waals surface area contributed by atoms with Gasteiger partial charge in [0.2, 0.25) is 0 Å². The number of aryl methyl sites for hydroxylation is 1. The van der Waals surface area contributed by atoms with Crippen molar-refractivity contribution in [1.29, 1.82) is 0 Å². The summed E-state index contributed by atoms with van der Waals surface area (Å²) in [6, 6.07) is 0. The lowest BCUT2D eigenvalue weighted by Crippen LogP contribution is -2.24. The van der Waals surface area contributed by atoms with Gasteiger partial charge in [0, 0.05) is 16.8 Å². The largest absolute Gasteiger partial charge is 0.352 e. The van der Waals surface area contributed by atoms with Gasteiger partial charge in [-0.25, -0.2) is 0 Å². The van der Waals surface area contributed by atoms with Gasteiger partial charge in [-0.1, -0.05) is 22.9 Å². The maximum absolute atomic E-state index is 11.7. The average Bonchev–Trinajstić information content (AvgIpc) is 2.58. The summed E-state index contributed by atoms with van der Waals surface area (Å²) < 4.78 is 0. The molecule has 15 heavy (non-hydrogen) atoms. The zero-order valence-corrected chi connectivity index (χ0v) is 11.5. The standard InChI is InChI=1S/C11H16BrNOS/c1-8-6-15-7-10(8)11(14)13-5-3-4-9(2)12/h6-7,9H,3-5H2,1-2H3,(H,13,14). The van der Waals surface area contributed by atoms with Crippen molar-refractivity contribution >= 4 is 33.2 Å². The van der Waals surface area contributed by atoms with E-state index in [1.807, 2.05) is 17.7 Å². The van der Waals surface area contributed by atoms with Gasteiger partial charge in [0.1, 0.15) is 0 Å². The van der Waals surface area contributed by atoms with Crippen molar-refractivity contribution in [2.24, 2.45) is 0 Å². The first-order valence-corrected chi connectivity index (χ1v) is 6.92. The zero-order chi connectivity index (χ0) is 11.3. The van der Waals surface area contributed by atoms with Crippen LogP contribution in [0.25, 0.3) is 0 Å². The predicted molar refractivity (Wildman–Crippen MR) is 69.0 cm³/mol. The van der Waals surface area contributed by atoms with E-state index in [-0.39, 0.29) is 5.91 Å². The number of carbonyl (C=O) groups excluding carboxylic acids is 1. The Balaban J connectivity index is 2.28. The van der Waals surface area contributed by atoms with Gasteiger partial charge in [0.25, 0.3) is 5.91 Å². The summed E-state index contributed by atoms with van der Waals surface area (Å²) in [6.07, 6.45) is 2.10. The summed E-state index contributed by atoms with van der Waals surface area (Å²) in [5.41, 5.74) is 1.87. The Bertz CT molecular complexity index is 322. The Morgan fingerprint density at radius 3 is 2.87 bits per heavy atom. The van der Waals surface area contributed by atoms with Crippen LogP contribution in [0.1, 0.15) is 35.7 Å². The number of thiophene rings is 1. The van der Waals surface area contributed by atoms with Crippen LogP contribution in [-0.4, -0.2) is 17.3 Å². The number of carbonyl (C=O) groups is 1. The van der Waals surface area contributed by atoms with E-state index in [1.54, 1.807) is 11.3 Å². The molecule has 2 nitrogen and oxygen atoms in total. The molecule has 1 atom stereocenters. The molecule has 1 aromatic rings. The minimum atomic E-state index is 0.0518. The Hall–Kier alpha value is -0.350. The lowest BCUT2D eigenvalue weighted by molar-refractivity contribution is 0.0953. The average molecular weight is 290 g/mol. The highest BCUT2D eigenvalue weighted by molar-refractivity contribution is 9.09. The Labute approximate surface area is 103 Å². The van der Waals surface area contributed by atoms with Gasteiger partial charge < -0.3 is 5.32 Å². The molecular weight excluding hydrogens is 274 g/mol. The topological polar surface area (TPSA) is 29.1 Å². The smallest absolute Gasteiger partial charge is 0.252 e. The lowest BCUT2D eigenvalue weighted by Gasteiger charge is -2.05. The first kappa shape index (κ1) is 12.7. The first-order chi connectivity index (χ1) is 7.11. The minimum absolute atomic E-state index is 0.0518. The summed E-state index contributed by atoms with van der Waals surface area (Å²) in [6.45, 7) is 4.83. The molecule has 0 spiro atoms. The molecule has 1 amide bonds. The molecule has 84 valence electrons. The molecule has 0 saturated heterocycles. The maximum Gasteiger partial charge on any atom is 0.252 e. The van der Waals surface area contributed by atoms with Gasteiger partial charge in [-0.05, 0) is 30.7 Å². The summed E-state index contributed by atoms with van der Waals surface area (Å²) in [4.78, 5) is 12.2. The summed E-state index contributed by atoms with van der Waals surface area (Å²) >= 11 is 5.05. The number of halogens is 1. The van der Waals surface area contributed by atoms with Crippen molar-refractivity contribution in [2.75, 3.05) is 6.54 Å². The summed E-state index contributed by atoms with van der Waals surface area (Å²) in [7, 11) is 0. The fourth-order valence-electron chi connectivity index (χ4n) is 1.27. The van der Waals surface area contributed by atoms with Crippen LogP contribution >= 0.6 is 27.3 Å². The quantitative estimate of drug-likeness (QED) is 0.654. The Morgan fingerprint density at radius 2 is 2.33 bits per heavy atom. The van der Waals surface area contributed by atoms with E-state index in [4.69, 9.17) is 0 Å². The fraction of sp³-hybridized carbons (Fsp3) is 0.545. The third-order valence-electron chi connectivity index (χ3n) is 2.16. The molecule has 4 heteroatoms. The van der Waals surface area contributed by atoms with E-state index < -0.39 is 0 Å². The molecule has 0 bridgehead atoms. The third kappa shape index (κ3) is 4.34. The number of amides is 1. The van der Waals surface area contributed by atoms with Crippen LogP contribution in [-0.2, 0) is 0 Å². The van der Waals surface area contributed by atoms with Gasteiger partial charge >= 0.3 is 0 Å². The highest BCUT2D eigenvalue weighted by Gasteiger charge is 2.08. The van der Waals surface area contributed by atoms with E-state index >= 15 is 0 Å². The van der Waals surface area contributed by atoms with Crippen molar-refractivity contribution < 1.29 is 4.79 Å². The molecule has 0 saturated carbocycles. The summed E-state index contributed by atoms with van der Waals surface area (Å²) in [5.74, 6) is 0.0518. The number of rotatable bonds is 5. The van der Waals surface area contributed by atoms with E-state index in [2.05, 4.69) is 28.2 Å². The maximum atomic E-state index is 11.7. The third-order valence-corrected chi connectivity index (χ3v) is 3.48. The van der Waals surface area contributed by atoms with Crippen molar-refractivity contribution in [3.63, 3.8) is 0 Å². The molecule has 1 heterocycles. The van der Waals surface area contributed by atoms with E-state index in [0.717, 1.165) is 30.5 Å². The van der Waals surface area contributed by atoms with E-state index in [9.17, 15) is 4.79 Å². The SMILES string of the molecule is Cc1cscc1C(=O)NCCCC(C)Br. The number of nitrogens with one attached hydrogen (secondary N) is 1. The van der Waals surface area contributed by atoms with Crippen LogP contribution in [0, 0.1) is 6.92 Å². The highest BCUT2D eigenvalue weighted by atomic mass is 79.9. The highest BCUT2D eigenvalue weighted by Crippen LogP contribution is 2.13. The second-order valence-corrected chi connectivity index (χ2v) is 5.95. The number of alkyl halides is 1. The van der Waals surface area contributed by atoms with Gasteiger partial charge in [-0.2, -0.15) is 11.3 Å². The molecule has 0 aliphatic rings. The van der Waals surface area contributed by atoms with E-state index in [0.29, 0.717) is 4.83 Å². The Morgan fingerprint density at radius 1 is 1.60 bits per heavy atom. The lowest BCUT2D eigenvalue weighted by atomic mass is 10.2. The minimum Gasteiger partial charge on any atom is -0.352 e. The van der Waals surface area contributed by atoms with Crippen LogP contribution in [0.2, 0.25) is 0 Å². The molecule has 1 aromatic heterocycles. The monoisotopic (exact) mass is 289 g/mol. The first-order valence-electron chi connectivity index (χ1n) is 5.06. The molecular formula is C11H16BrNOS. The normalized spacial score (nSPS) is 12.5. The molecule has 1 N–H and O–H groups in total. The van der Waals surface area contributed by atoms with Crippen LogP contribution < -0.4 is 5.32 Å². The molecule has 0 fully saturated rings. The second kappa shape index (κ2) is 6.28. The van der Waals surface area contributed by atoms with Crippen molar-refractivity contribution in [1.82, 2.24) is 5.32 Å². The van der Waals surface area contributed by atoms with Crippen molar-refractivity contribution in [3.05, 3.63) is 21.9 Å². The molecule has 0 aromatic carbocycles. The molecule has 1 rings (SSSR count).